The van der Waals surface area contributed by atoms with Gasteiger partial charge < -0.3 is 10.2 Å². The molecule has 2 aromatic carbocycles. The summed E-state index contributed by atoms with van der Waals surface area (Å²) in [6.07, 6.45) is 2.09. The Morgan fingerprint density at radius 3 is 2.74 bits per heavy atom. The first-order valence-corrected chi connectivity index (χ1v) is 10.4. The molecule has 31 heavy (non-hydrogen) atoms. The number of anilines is 1. The number of rotatable bonds is 6. The van der Waals surface area contributed by atoms with Crippen LogP contribution in [-0.2, 0) is 17.8 Å². The second-order valence-corrected chi connectivity index (χ2v) is 8.04. The number of nitro benzene ring substituents is 1. The third-order valence-corrected chi connectivity index (χ3v) is 6.07. The van der Waals surface area contributed by atoms with Gasteiger partial charge in [-0.1, -0.05) is 18.2 Å². The largest absolute Gasteiger partial charge is 0.365 e. The van der Waals surface area contributed by atoms with Crippen molar-refractivity contribution in [1.29, 1.82) is 0 Å². The molecule has 1 saturated heterocycles. The van der Waals surface area contributed by atoms with Gasteiger partial charge in [-0.2, -0.15) is 0 Å². The van der Waals surface area contributed by atoms with Crippen LogP contribution in [0.1, 0.15) is 11.1 Å². The number of fused-ring (bicyclic) bond motifs is 3. The molecule has 8 heteroatoms. The van der Waals surface area contributed by atoms with E-state index >= 15 is 0 Å². The molecule has 7 nitrogen and oxygen atoms in total. The molecule has 0 saturated carbocycles. The van der Waals surface area contributed by atoms with Crippen LogP contribution in [0.25, 0.3) is 0 Å². The average molecular weight is 424 g/mol. The molecule has 1 N–H and O–H groups in total. The minimum absolute atomic E-state index is 0.0393. The van der Waals surface area contributed by atoms with Gasteiger partial charge in [0.1, 0.15) is 5.82 Å². The number of nitro groups is 1. The van der Waals surface area contributed by atoms with Crippen molar-refractivity contribution in [2.45, 2.75) is 19.0 Å². The van der Waals surface area contributed by atoms with Crippen LogP contribution in [0.5, 0.6) is 0 Å². The van der Waals surface area contributed by atoms with E-state index in [1.165, 1.54) is 18.2 Å². The van der Waals surface area contributed by atoms with Crippen molar-refractivity contribution in [3.63, 3.8) is 0 Å². The first kappa shape index (κ1) is 21.0. The summed E-state index contributed by atoms with van der Waals surface area (Å²) in [6, 6.07) is 11.4. The van der Waals surface area contributed by atoms with Crippen molar-refractivity contribution in [2.24, 2.45) is 5.92 Å². The Hall–Kier alpha value is -3.26. The first-order valence-electron chi connectivity index (χ1n) is 10.4. The molecule has 2 aliphatic rings. The number of amides is 1. The van der Waals surface area contributed by atoms with E-state index in [1.807, 2.05) is 0 Å². The minimum atomic E-state index is -0.403. The summed E-state index contributed by atoms with van der Waals surface area (Å²) in [6.45, 7) is 6.89. The summed E-state index contributed by atoms with van der Waals surface area (Å²) in [7, 11) is 0. The van der Waals surface area contributed by atoms with E-state index in [0.717, 1.165) is 23.4 Å². The van der Waals surface area contributed by atoms with Gasteiger partial charge in [0.15, 0.2) is 0 Å². The summed E-state index contributed by atoms with van der Waals surface area (Å²) >= 11 is 0. The highest BCUT2D eigenvalue weighted by Crippen LogP contribution is 2.38. The Bertz CT molecular complexity index is 995. The zero-order chi connectivity index (χ0) is 22.0. The molecule has 2 aromatic rings. The highest BCUT2D eigenvalue weighted by molar-refractivity contribution is 5.82. The molecule has 0 aromatic heterocycles. The van der Waals surface area contributed by atoms with Crippen molar-refractivity contribution < 1.29 is 14.1 Å². The second kappa shape index (κ2) is 8.85. The van der Waals surface area contributed by atoms with E-state index < -0.39 is 4.92 Å². The molecule has 0 bridgehead atoms. The molecule has 0 aliphatic carbocycles. The van der Waals surface area contributed by atoms with Gasteiger partial charge in [-0.05, 0) is 35.7 Å². The number of piperazine rings is 1. The zero-order valence-electron chi connectivity index (χ0n) is 17.2. The fourth-order valence-corrected chi connectivity index (χ4v) is 4.58. The number of halogens is 1. The third-order valence-electron chi connectivity index (χ3n) is 6.07. The summed E-state index contributed by atoms with van der Waals surface area (Å²) in [5.41, 5.74) is 2.85. The standard InChI is InChI=1S/C23H25FN4O3/c1-2-9-25-23(29)20-13-17-12-19(28(30)31)7-8-21(17)27-11-10-26(15-22(20)27)14-16-3-5-18(24)6-4-16/h2-8,12,20,22H,1,9-11,13-15H2,(H,25,29). The normalized spacial score (nSPS) is 20.5. The average Bonchev–Trinajstić information content (AvgIpc) is 2.77. The number of hydrogen-bond donors (Lipinski definition) is 1. The summed E-state index contributed by atoms with van der Waals surface area (Å²) in [4.78, 5) is 28.3. The van der Waals surface area contributed by atoms with Crippen molar-refractivity contribution >= 4 is 17.3 Å². The van der Waals surface area contributed by atoms with Gasteiger partial charge in [-0.15, -0.1) is 6.58 Å². The van der Waals surface area contributed by atoms with Crippen molar-refractivity contribution in [1.82, 2.24) is 10.2 Å². The van der Waals surface area contributed by atoms with Crippen LogP contribution in [0.15, 0.2) is 55.1 Å². The van der Waals surface area contributed by atoms with Crippen molar-refractivity contribution in [3.8, 4) is 0 Å². The first-order chi connectivity index (χ1) is 15.0. The zero-order valence-corrected chi connectivity index (χ0v) is 17.2. The van der Waals surface area contributed by atoms with E-state index in [9.17, 15) is 19.3 Å². The van der Waals surface area contributed by atoms with Crippen LogP contribution in [0, 0.1) is 21.8 Å². The SMILES string of the molecule is C=CCNC(=O)C1Cc2cc([N+](=O)[O-])ccc2N2CCN(Cc3ccc(F)cc3)CC12. The predicted octanol–water partition coefficient (Wildman–Crippen LogP) is 2.90. The second-order valence-electron chi connectivity index (χ2n) is 8.04. The van der Waals surface area contributed by atoms with Gasteiger partial charge in [-0.25, -0.2) is 4.39 Å². The molecule has 0 spiro atoms. The summed E-state index contributed by atoms with van der Waals surface area (Å²) < 4.78 is 13.2. The van der Waals surface area contributed by atoms with E-state index in [1.54, 1.807) is 30.3 Å². The number of nitrogens with zero attached hydrogens (tertiary/aromatic N) is 3. The molecule has 2 heterocycles. The fourth-order valence-electron chi connectivity index (χ4n) is 4.58. The van der Waals surface area contributed by atoms with Crippen molar-refractivity contribution in [3.05, 3.63) is 82.2 Å². The van der Waals surface area contributed by atoms with E-state index in [0.29, 0.717) is 32.6 Å². The quantitative estimate of drug-likeness (QED) is 0.438. The maximum Gasteiger partial charge on any atom is 0.269 e. The van der Waals surface area contributed by atoms with E-state index in [-0.39, 0.29) is 29.4 Å². The van der Waals surface area contributed by atoms with Crippen LogP contribution in [0.2, 0.25) is 0 Å². The van der Waals surface area contributed by atoms with Crippen LogP contribution in [-0.4, -0.2) is 48.0 Å². The van der Waals surface area contributed by atoms with Crippen LogP contribution < -0.4 is 10.2 Å². The Morgan fingerprint density at radius 2 is 2.03 bits per heavy atom. The Morgan fingerprint density at radius 1 is 1.26 bits per heavy atom. The van der Waals surface area contributed by atoms with Gasteiger partial charge in [0.2, 0.25) is 5.91 Å². The number of non-ortho nitro benzene ring substituents is 1. The molecule has 2 aliphatic heterocycles. The van der Waals surface area contributed by atoms with Gasteiger partial charge in [0, 0.05) is 50.5 Å². The number of carbonyl (C=O) groups is 1. The molecule has 2 atom stereocenters. The van der Waals surface area contributed by atoms with Crippen LogP contribution in [0.4, 0.5) is 15.8 Å². The monoisotopic (exact) mass is 424 g/mol. The van der Waals surface area contributed by atoms with Crippen molar-refractivity contribution in [2.75, 3.05) is 31.1 Å². The number of nitrogens with one attached hydrogen (secondary N) is 1. The maximum atomic E-state index is 13.2. The molecule has 4 rings (SSSR count). The lowest BCUT2D eigenvalue weighted by Crippen LogP contribution is -2.60. The number of hydrogen-bond acceptors (Lipinski definition) is 5. The molecule has 1 amide bonds. The summed E-state index contributed by atoms with van der Waals surface area (Å²) in [5, 5.41) is 14.1. The lowest BCUT2D eigenvalue weighted by molar-refractivity contribution is -0.384. The number of carbonyl (C=O) groups excluding carboxylic acids is 1. The molecular formula is C23H25FN4O3. The minimum Gasteiger partial charge on any atom is -0.365 e. The smallest absolute Gasteiger partial charge is 0.269 e. The summed E-state index contributed by atoms with van der Waals surface area (Å²) in [5.74, 6) is -0.660. The van der Waals surface area contributed by atoms with Gasteiger partial charge >= 0.3 is 0 Å². The molecule has 1 fully saturated rings. The highest BCUT2D eigenvalue weighted by Gasteiger charge is 2.41. The van der Waals surface area contributed by atoms with Crippen LogP contribution >= 0.6 is 0 Å². The maximum absolute atomic E-state index is 13.2. The third kappa shape index (κ3) is 4.44. The lowest BCUT2D eigenvalue weighted by Gasteiger charge is -2.49. The van der Waals surface area contributed by atoms with Gasteiger partial charge in [0.25, 0.3) is 5.69 Å². The van der Waals surface area contributed by atoms with Gasteiger partial charge in [-0.3, -0.25) is 19.8 Å². The Labute approximate surface area is 180 Å². The Kier molecular flexibility index (Phi) is 5.99. The lowest BCUT2D eigenvalue weighted by atomic mass is 9.83. The molecule has 0 radical (unpaired) electrons. The fraction of sp³-hybridized carbons (Fsp3) is 0.348. The number of benzene rings is 2. The van der Waals surface area contributed by atoms with Gasteiger partial charge in [0.05, 0.1) is 16.9 Å². The molecule has 162 valence electrons. The highest BCUT2D eigenvalue weighted by atomic mass is 19.1. The molecule has 2 unspecified atom stereocenters. The topological polar surface area (TPSA) is 78.7 Å². The molecular weight excluding hydrogens is 399 g/mol. The van der Waals surface area contributed by atoms with Crippen LogP contribution in [0.3, 0.4) is 0 Å². The van der Waals surface area contributed by atoms with E-state index in [2.05, 4.69) is 21.7 Å². The Balaban J connectivity index is 1.60. The predicted molar refractivity (Wildman–Crippen MR) is 116 cm³/mol. The van der Waals surface area contributed by atoms with E-state index in [4.69, 9.17) is 0 Å².